The number of nitrogens with one attached hydrogen (secondary N) is 1. The van der Waals surface area contributed by atoms with Gasteiger partial charge in [0.2, 0.25) is 5.91 Å². The van der Waals surface area contributed by atoms with Gasteiger partial charge in [-0.15, -0.1) is 16.4 Å². The van der Waals surface area contributed by atoms with Crippen LogP contribution in [0.25, 0.3) is 0 Å². The van der Waals surface area contributed by atoms with E-state index in [1.807, 2.05) is 6.92 Å². The number of carbonyl (C=O) groups is 2. The fourth-order valence-electron chi connectivity index (χ4n) is 1.50. The topological polar surface area (TPSA) is 116 Å². The van der Waals surface area contributed by atoms with Gasteiger partial charge in [0.05, 0.1) is 12.0 Å². The number of aromatic nitrogens is 4. The minimum atomic E-state index is -0.569. The summed E-state index contributed by atoms with van der Waals surface area (Å²) in [5.41, 5.74) is 5.56. The van der Waals surface area contributed by atoms with Crippen LogP contribution in [0.3, 0.4) is 0 Å². The van der Waals surface area contributed by atoms with E-state index in [-0.39, 0.29) is 12.3 Å². The molecule has 2 amide bonds. The summed E-state index contributed by atoms with van der Waals surface area (Å²) in [7, 11) is 1.65. The summed E-state index contributed by atoms with van der Waals surface area (Å²) < 4.78 is 1.41. The van der Waals surface area contributed by atoms with Crippen molar-refractivity contribution in [2.45, 2.75) is 13.3 Å². The molecule has 3 N–H and O–H groups in total. The van der Waals surface area contributed by atoms with Crippen molar-refractivity contribution >= 4 is 28.2 Å². The number of amides is 2. The predicted molar refractivity (Wildman–Crippen MR) is 68.7 cm³/mol. The number of nitrogens with two attached hydrogens (primary N) is 1. The zero-order valence-electron chi connectivity index (χ0n) is 10.4. The quantitative estimate of drug-likeness (QED) is 0.808. The van der Waals surface area contributed by atoms with Crippen LogP contribution in [-0.4, -0.2) is 32.0 Å². The van der Waals surface area contributed by atoms with Gasteiger partial charge in [-0.05, 0) is 23.4 Å². The second-order valence-electron chi connectivity index (χ2n) is 3.91. The molecule has 2 aromatic heterocycles. The molecule has 0 radical (unpaired) electrons. The van der Waals surface area contributed by atoms with Gasteiger partial charge < -0.3 is 11.1 Å². The van der Waals surface area contributed by atoms with Crippen LogP contribution in [-0.2, 0) is 18.3 Å². The molecule has 19 heavy (non-hydrogen) atoms. The second kappa shape index (κ2) is 5.14. The number of hydrogen-bond donors (Lipinski definition) is 2. The molecule has 0 aromatic carbocycles. The fourth-order valence-corrected chi connectivity index (χ4v) is 2.44. The Balaban J connectivity index is 2.11. The van der Waals surface area contributed by atoms with Crippen molar-refractivity contribution in [3.63, 3.8) is 0 Å². The Labute approximate surface area is 112 Å². The van der Waals surface area contributed by atoms with E-state index in [9.17, 15) is 9.59 Å². The number of anilines is 1. The summed E-state index contributed by atoms with van der Waals surface area (Å²) in [5, 5.41) is 13.9. The van der Waals surface area contributed by atoms with Gasteiger partial charge in [-0.2, -0.15) is 0 Å². The maximum Gasteiger partial charge on any atom is 0.251 e. The number of tetrazole rings is 1. The molecule has 0 saturated heterocycles. The Bertz CT molecular complexity index is 632. The van der Waals surface area contributed by atoms with Gasteiger partial charge in [0, 0.05) is 11.9 Å². The summed E-state index contributed by atoms with van der Waals surface area (Å²) in [4.78, 5) is 24.0. The minimum absolute atomic E-state index is 0.0264. The fraction of sp³-hybridized carbons (Fsp3) is 0.300. The van der Waals surface area contributed by atoms with Crippen LogP contribution >= 0.6 is 11.3 Å². The first-order valence-corrected chi connectivity index (χ1v) is 6.20. The van der Waals surface area contributed by atoms with Crippen molar-refractivity contribution in [1.29, 1.82) is 0 Å². The molecule has 100 valence electrons. The molecule has 0 unspecified atom stereocenters. The van der Waals surface area contributed by atoms with Crippen molar-refractivity contribution in [3.05, 3.63) is 22.3 Å². The summed E-state index contributed by atoms with van der Waals surface area (Å²) in [6.45, 7) is 1.83. The lowest BCUT2D eigenvalue weighted by atomic mass is 10.2. The van der Waals surface area contributed by atoms with Crippen molar-refractivity contribution in [2.24, 2.45) is 12.8 Å². The van der Waals surface area contributed by atoms with Crippen molar-refractivity contribution in [3.8, 4) is 0 Å². The molecule has 8 nitrogen and oxygen atoms in total. The van der Waals surface area contributed by atoms with Gasteiger partial charge in [-0.3, -0.25) is 9.59 Å². The molecule has 0 aliphatic carbocycles. The predicted octanol–water partition coefficient (Wildman–Crippen LogP) is -0.140. The highest BCUT2D eigenvalue weighted by Crippen LogP contribution is 2.27. The summed E-state index contributed by atoms with van der Waals surface area (Å²) in [6.07, 6.45) is 0.0264. The highest BCUT2D eigenvalue weighted by Gasteiger charge is 2.16. The number of aryl methyl sites for hydroxylation is 2. The molecule has 0 saturated carbocycles. The minimum Gasteiger partial charge on any atom is -0.366 e. The van der Waals surface area contributed by atoms with Crippen LogP contribution in [0.15, 0.2) is 6.07 Å². The first kappa shape index (κ1) is 13.1. The van der Waals surface area contributed by atoms with Crippen LogP contribution < -0.4 is 11.1 Å². The van der Waals surface area contributed by atoms with Crippen LogP contribution in [0.5, 0.6) is 0 Å². The number of nitrogens with zero attached hydrogens (tertiary/aromatic N) is 4. The lowest BCUT2D eigenvalue weighted by Gasteiger charge is -2.03. The van der Waals surface area contributed by atoms with Gasteiger partial charge in [0.15, 0.2) is 5.82 Å². The average molecular weight is 280 g/mol. The van der Waals surface area contributed by atoms with E-state index in [0.717, 1.165) is 4.88 Å². The van der Waals surface area contributed by atoms with Crippen LogP contribution in [0.4, 0.5) is 5.00 Å². The lowest BCUT2D eigenvalue weighted by molar-refractivity contribution is -0.115. The largest absolute Gasteiger partial charge is 0.366 e. The maximum atomic E-state index is 11.9. The Kier molecular flexibility index (Phi) is 3.56. The molecule has 0 atom stereocenters. The zero-order valence-corrected chi connectivity index (χ0v) is 11.2. The Morgan fingerprint density at radius 1 is 1.53 bits per heavy atom. The number of primary amides is 1. The first-order chi connectivity index (χ1) is 8.97. The number of rotatable bonds is 4. The van der Waals surface area contributed by atoms with Gasteiger partial charge in [0.1, 0.15) is 5.00 Å². The Morgan fingerprint density at radius 2 is 2.26 bits per heavy atom. The third kappa shape index (κ3) is 2.94. The van der Waals surface area contributed by atoms with E-state index in [2.05, 4.69) is 20.8 Å². The Morgan fingerprint density at radius 3 is 2.84 bits per heavy atom. The molecule has 2 heterocycles. The summed E-state index contributed by atoms with van der Waals surface area (Å²) >= 11 is 1.30. The molecular formula is C10H12N6O2S. The van der Waals surface area contributed by atoms with E-state index >= 15 is 0 Å². The monoisotopic (exact) mass is 280 g/mol. The Hall–Kier alpha value is -2.29. The zero-order chi connectivity index (χ0) is 14.0. The SMILES string of the molecule is Cc1cc(C(N)=O)c(NC(=O)Cc2nnnn2C)s1. The van der Waals surface area contributed by atoms with Crippen LogP contribution in [0.1, 0.15) is 21.1 Å². The summed E-state index contributed by atoms with van der Waals surface area (Å²) in [6, 6.07) is 1.65. The number of hydrogen-bond acceptors (Lipinski definition) is 6. The first-order valence-electron chi connectivity index (χ1n) is 5.38. The van der Waals surface area contributed by atoms with Crippen LogP contribution in [0.2, 0.25) is 0 Å². The maximum absolute atomic E-state index is 11.9. The molecule has 0 fully saturated rings. The van der Waals surface area contributed by atoms with Gasteiger partial charge in [0.25, 0.3) is 5.91 Å². The third-order valence-corrected chi connectivity index (χ3v) is 3.37. The molecule has 2 rings (SSSR count). The molecule has 0 aliphatic heterocycles. The third-order valence-electron chi connectivity index (χ3n) is 2.40. The van der Waals surface area contributed by atoms with E-state index in [1.54, 1.807) is 13.1 Å². The van der Waals surface area contributed by atoms with Gasteiger partial charge in [-0.25, -0.2) is 4.68 Å². The standard InChI is InChI=1S/C10H12N6O2S/c1-5-3-6(9(11)18)10(19-5)12-8(17)4-7-13-14-15-16(7)2/h3H,4H2,1-2H3,(H2,11,18)(H,12,17). The van der Waals surface area contributed by atoms with Gasteiger partial charge in [-0.1, -0.05) is 0 Å². The van der Waals surface area contributed by atoms with E-state index in [4.69, 9.17) is 5.73 Å². The molecule has 0 bridgehead atoms. The smallest absolute Gasteiger partial charge is 0.251 e. The van der Waals surface area contributed by atoms with E-state index in [0.29, 0.717) is 16.4 Å². The highest BCUT2D eigenvalue weighted by molar-refractivity contribution is 7.16. The number of carbonyl (C=O) groups excluding carboxylic acids is 2. The molecule has 0 aliphatic rings. The van der Waals surface area contributed by atoms with E-state index < -0.39 is 5.91 Å². The molecule has 9 heteroatoms. The molecule has 0 spiro atoms. The normalized spacial score (nSPS) is 10.4. The van der Waals surface area contributed by atoms with E-state index in [1.165, 1.54) is 16.0 Å². The lowest BCUT2D eigenvalue weighted by Crippen LogP contribution is -2.19. The van der Waals surface area contributed by atoms with Gasteiger partial charge >= 0.3 is 0 Å². The average Bonchev–Trinajstić information content (AvgIpc) is 2.86. The molecular weight excluding hydrogens is 268 g/mol. The summed E-state index contributed by atoms with van der Waals surface area (Å²) in [5.74, 6) is -0.436. The van der Waals surface area contributed by atoms with Crippen molar-refractivity contribution < 1.29 is 9.59 Å². The van der Waals surface area contributed by atoms with Crippen molar-refractivity contribution in [1.82, 2.24) is 20.2 Å². The second-order valence-corrected chi connectivity index (χ2v) is 5.16. The highest BCUT2D eigenvalue weighted by atomic mass is 32.1. The van der Waals surface area contributed by atoms with Crippen molar-refractivity contribution in [2.75, 3.05) is 5.32 Å². The number of thiophene rings is 1. The molecule has 2 aromatic rings. The van der Waals surface area contributed by atoms with Crippen LogP contribution in [0, 0.1) is 6.92 Å².